The van der Waals surface area contributed by atoms with Crippen LogP contribution in [0.4, 0.5) is 26.3 Å². The highest BCUT2D eigenvalue weighted by atomic mass is 32.2. The third-order valence-electron chi connectivity index (χ3n) is 2.66. The maximum absolute atomic E-state index is 13.4. The lowest BCUT2D eigenvalue weighted by Gasteiger charge is -2.08. The van der Waals surface area contributed by atoms with Gasteiger partial charge in [-0.05, 0) is 12.1 Å². The van der Waals surface area contributed by atoms with Crippen LogP contribution in [0.5, 0.6) is 0 Å². The molecule has 0 saturated heterocycles. The molecule has 0 saturated carbocycles. The second kappa shape index (κ2) is 5.88. The van der Waals surface area contributed by atoms with Crippen molar-refractivity contribution in [1.82, 2.24) is 0 Å². The molecule has 8 heteroatoms. The van der Waals surface area contributed by atoms with Crippen molar-refractivity contribution >= 4 is 10.8 Å². The van der Waals surface area contributed by atoms with E-state index in [-0.39, 0.29) is 4.90 Å². The second-order valence-electron chi connectivity index (χ2n) is 3.97. The zero-order valence-corrected chi connectivity index (χ0v) is 10.9. The first-order chi connectivity index (χ1) is 9.84. The van der Waals surface area contributed by atoms with Crippen molar-refractivity contribution < 1.29 is 30.6 Å². The zero-order valence-electron chi connectivity index (χ0n) is 10.1. The summed E-state index contributed by atoms with van der Waals surface area (Å²) in [5, 5.41) is 0. The molecular formula is C13H6F6OS. The molecule has 0 aromatic heterocycles. The molecule has 1 nitrogen and oxygen atoms in total. The van der Waals surface area contributed by atoms with Crippen LogP contribution >= 0.6 is 0 Å². The van der Waals surface area contributed by atoms with Crippen LogP contribution in [0.3, 0.4) is 0 Å². The number of rotatable bonds is 3. The van der Waals surface area contributed by atoms with E-state index in [9.17, 15) is 30.6 Å². The Kier molecular flexibility index (Phi) is 4.36. The van der Waals surface area contributed by atoms with Gasteiger partial charge in [0.1, 0.15) is 5.82 Å². The van der Waals surface area contributed by atoms with Gasteiger partial charge in [0, 0.05) is 5.56 Å². The first-order valence-electron chi connectivity index (χ1n) is 5.47. The Morgan fingerprint density at radius 1 is 0.762 bits per heavy atom. The van der Waals surface area contributed by atoms with E-state index in [1.807, 2.05) is 0 Å². The van der Waals surface area contributed by atoms with Crippen LogP contribution in [0.25, 0.3) is 0 Å². The van der Waals surface area contributed by atoms with Crippen molar-refractivity contribution in [3.05, 3.63) is 64.7 Å². The Bertz CT molecular complexity index is 702. The predicted octanol–water partition coefficient (Wildman–Crippen LogP) is 3.83. The molecule has 0 bridgehead atoms. The average molecular weight is 324 g/mol. The largest absolute Gasteiger partial charge is 0.254 e. The minimum absolute atomic E-state index is 0.388. The van der Waals surface area contributed by atoms with Gasteiger partial charge in [-0.3, -0.25) is 4.21 Å². The lowest BCUT2D eigenvalue weighted by Crippen LogP contribution is -2.10. The van der Waals surface area contributed by atoms with Gasteiger partial charge in [0.15, 0.2) is 23.3 Å². The number of benzene rings is 2. The molecular weight excluding hydrogens is 318 g/mol. The summed E-state index contributed by atoms with van der Waals surface area (Å²) in [5.74, 6) is -12.6. The second-order valence-corrected chi connectivity index (χ2v) is 5.39. The molecule has 2 aromatic carbocycles. The first-order valence-corrected chi connectivity index (χ1v) is 6.79. The molecule has 21 heavy (non-hydrogen) atoms. The standard InChI is InChI=1S/C13H6F6OS/c14-7-3-1-2-4-8(7)21(20)5-6-9(15)11(17)13(19)12(18)10(6)16/h1-4H,5H2. The highest BCUT2D eigenvalue weighted by molar-refractivity contribution is 7.84. The third-order valence-corrected chi connectivity index (χ3v) is 4.03. The molecule has 2 rings (SSSR count). The molecule has 0 radical (unpaired) electrons. The predicted molar refractivity (Wildman–Crippen MR) is 62.7 cm³/mol. The van der Waals surface area contributed by atoms with Gasteiger partial charge in [0.05, 0.1) is 21.4 Å². The van der Waals surface area contributed by atoms with E-state index >= 15 is 0 Å². The van der Waals surface area contributed by atoms with E-state index in [0.29, 0.717) is 0 Å². The van der Waals surface area contributed by atoms with Crippen molar-refractivity contribution in [1.29, 1.82) is 0 Å². The SMILES string of the molecule is O=S(Cc1c(F)c(F)c(F)c(F)c1F)c1ccccc1F. The fourth-order valence-corrected chi connectivity index (χ4v) is 2.80. The first kappa shape index (κ1) is 15.6. The maximum atomic E-state index is 13.4. The number of halogens is 6. The van der Waals surface area contributed by atoms with Gasteiger partial charge in [0.25, 0.3) is 0 Å². The Morgan fingerprint density at radius 2 is 1.24 bits per heavy atom. The summed E-state index contributed by atoms with van der Waals surface area (Å²) in [6.07, 6.45) is 0. The van der Waals surface area contributed by atoms with Crippen molar-refractivity contribution in [2.75, 3.05) is 0 Å². The highest BCUT2D eigenvalue weighted by Gasteiger charge is 2.27. The summed E-state index contributed by atoms with van der Waals surface area (Å²) in [4.78, 5) is -0.388. The summed E-state index contributed by atoms with van der Waals surface area (Å²) in [6, 6.07) is 4.69. The third kappa shape index (κ3) is 2.80. The molecule has 2 aromatic rings. The fourth-order valence-electron chi connectivity index (χ4n) is 1.62. The Hall–Kier alpha value is -1.83. The van der Waals surface area contributed by atoms with E-state index in [0.717, 1.165) is 12.1 Å². The van der Waals surface area contributed by atoms with E-state index in [1.165, 1.54) is 12.1 Å². The molecule has 112 valence electrons. The zero-order chi connectivity index (χ0) is 15.7. The Balaban J connectivity index is 2.46. The lowest BCUT2D eigenvalue weighted by atomic mass is 10.2. The lowest BCUT2D eigenvalue weighted by molar-refractivity contribution is 0.372. The van der Waals surface area contributed by atoms with Crippen LogP contribution in [0, 0.1) is 34.9 Å². The van der Waals surface area contributed by atoms with Gasteiger partial charge < -0.3 is 0 Å². The molecule has 1 unspecified atom stereocenters. The Labute approximate surface area is 117 Å². The van der Waals surface area contributed by atoms with Gasteiger partial charge in [-0.2, -0.15) is 0 Å². The minimum atomic E-state index is -2.30. The van der Waals surface area contributed by atoms with Crippen molar-refractivity contribution in [3.63, 3.8) is 0 Å². The highest BCUT2D eigenvalue weighted by Crippen LogP contribution is 2.25. The van der Waals surface area contributed by atoms with Gasteiger partial charge in [0.2, 0.25) is 5.82 Å². The van der Waals surface area contributed by atoms with Crippen LogP contribution in [0.2, 0.25) is 0 Å². The van der Waals surface area contributed by atoms with Crippen molar-refractivity contribution in [3.8, 4) is 0 Å². The van der Waals surface area contributed by atoms with Crippen LogP contribution in [0.1, 0.15) is 5.56 Å². The van der Waals surface area contributed by atoms with Gasteiger partial charge in [-0.1, -0.05) is 12.1 Å². The minimum Gasteiger partial charge on any atom is -0.254 e. The summed E-state index contributed by atoms with van der Waals surface area (Å²) in [5.41, 5.74) is -1.24. The molecule has 0 aliphatic heterocycles. The van der Waals surface area contributed by atoms with Gasteiger partial charge in [-0.25, -0.2) is 26.3 Å². The summed E-state index contributed by atoms with van der Waals surface area (Å²) < 4.78 is 90.9. The van der Waals surface area contributed by atoms with Crippen molar-refractivity contribution in [2.45, 2.75) is 10.6 Å². The molecule has 0 aliphatic rings. The number of hydrogen-bond acceptors (Lipinski definition) is 1. The molecule has 0 amide bonds. The van der Waals surface area contributed by atoms with E-state index in [1.54, 1.807) is 0 Å². The quantitative estimate of drug-likeness (QED) is 0.476. The molecule has 0 heterocycles. The molecule has 0 spiro atoms. The molecule has 0 fully saturated rings. The van der Waals surface area contributed by atoms with Crippen LogP contribution < -0.4 is 0 Å². The fraction of sp³-hybridized carbons (Fsp3) is 0.0769. The monoisotopic (exact) mass is 324 g/mol. The van der Waals surface area contributed by atoms with Crippen LogP contribution in [-0.2, 0) is 16.6 Å². The normalized spacial score (nSPS) is 12.5. The Morgan fingerprint density at radius 3 is 1.76 bits per heavy atom. The van der Waals surface area contributed by atoms with Crippen LogP contribution in [-0.4, -0.2) is 4.21 Å². The van der Waals surface area contributed by atoms with E-state index < -0.39 is 57.0 Å². The topological polar surface area (TPSA) is 17.1 Å². The van der Waals surface area contributed by atoms with E-state index in [2.05, 4.69) is 0 Å². The average Bonchev–Trinajstić information content (AvgIpc) is 2.48. The van der Waals surface area contributed by atoms with Gasteiger partial charge in [-0.15, -0.1) is 0 Å². The summed E-state index contributed by atoms with van der Waals surface area (Å²) in [6.45, 7) is 0. The summed E-state index contributed by atoms with van der Waals surface area (Å²) >= 11 is 0. The van der Waals surface area contributed by atoms with Gasteiger partial charge >= 0.3 is 0 Å². The molecule has 0 N–H and O–H groups in total. The summed E-state index contributed by atoms with van der Waals surface area (Å²) in [7, 11) is -2.30. The molecule has 1 atom stereocenters. The van der Waals surface area contributed by atoms with Crippen molar-refractivity contribution in [2.24, 2.45) is 0 Å². The maximum Gasteiger partial charge on any atom is 0.200 e. The smallest absolute Gasteiger partial charge is 0.200 e. The molecule has 0 aliphatic carbocycles. The van der Waals surface area contributed by atoms with Crippen LogP contribution in [0.15, 0.2) is 29.2 Å². The van der Waals surface area contributed by atoms with E-state index in [4.69, 9.17) is 0 Å². The number of hydrogen-bond donors (Lipinski definition) is 0.